The Kier molecular flexibility index (Phi) is 57.8. The van der Waals surface area contributed by atoms with E-state index in [2.05, 4.69) is 48.5 Å². The number of carbonyl (C=O) groups is 4. The lowest BCUT2D eigenvalue weighted by atomic mass is 10.0. The molecule has 0 rings (SSSR count). The van der Waals surface area contributed by atoms with Gasteiger partial charge < -0.3 is 33.8 Å². The minimum Gasteiger partial charge on any atom is -0.462 e. The summed E-state index contributed by atoms with van der Waals surface area (Å²) in [5, 5.41) is 10.6. The van der Waals surface area contributed by atoms with Crippen LogP contribution in [-0.2, 0) is 65.4 Å². The molecule has 0 spiro atoms. The van der Waals surface area contributed by atoms with Crippen LogP contribution in [0.1, 0.15) is 337 Å². The van der Waals surface area contributed by atoms with E-state index in [0.717, 1.165) is 108 Å². The van der Waals surface area contributed by atoms with Gasteiger partial charge in [-0.15, -0.1) is 0 Å². The lowest BCUT2D eigenvalue weighted by Crippen LogP contribution is -2.30. The van der Waals surface area contributed by atoms with Gasteiger partial charge in [0.1, 0.15) is 19.3 Å². The highest BCUT2D eigenvalue weighted by Gasteiger charge is 2.30. The molecule has 0 aromatic heterocycles. The Bertz CT molecular complexity index is 1720. The first-order valence-electron chi connectivity index (χ1n) is 35.3. The van der Waals surface area contributed by atoms with Crippen LogP contribution < -0.4 is 0 Å². The highest BCUT2D eigenvalue weighted by atomic mass is 31.2. The summed E-state index contributed by atoms with van der Waals surface area (Å²) in [4.78, 5) is 72.4. The van der Waals surface area contributed by atoms with Gasteiger partial charge in [-0.2, -0.15) is 0 Å². The van der Waals surface area contributed by atoms with Crippen molar-refractivity contribution in [3.8, 4) is 0 Å². The summed E-state index contributed by atoms with van der Waals surface area (Å²) >= 11 is 0. The van der Waals surface area contributed by atoms with Crippen LogP contribution in [0.3, 0.4) is 0 Å². The van der Waals surface area contributed by atoms with Crippen LogP contribution in [0, 0.1) is 17.8 Å². The van der Waals surface area contributed by atoms with E-state index in [1.54, 1.807) is 0 Å². The van der Waals surface area contributed by atoms with Crippen molar-refractivity contribution < 1.29 is 80.2 Å². The van der Waals surface area contributed by atoms with E-state index in [0.29, 0.717) is 25.7 Å². The van der Waals surface area contributed by atoms with Gasteiger partial charge in [0.15, 0.2) is 12.2 Å². The quantitative estimate of drug-likeness (QED) is 0.0222. The van der Waals surface area contributed by atoms with Crippen molar-refractivity contribution in [2.75, 3.05) is 39.6 Å². The molecule has 19 heteroatoms. The maximum atomic E-state index is 13.0. The van der Waals surface area contributed by atoms with Gasteiger partial charge in [0.25, 0.3) is 0 Å². The molecule has 0 aromatic rings. The third kappa shape index (κ3) is 62.6. The maximum absolute atomic E-state index is 13.0. The first-order chi connectivity index (χ1) is 41.7. The number of esters is 4. The Balaban J connectivity index is 5.26. The summed E-state index contributed by atoms with van der Waals surface area (Å²) in [6.45, 7) is 11.8. The molecule has 0 aliphatic carbocycles. The van der Waals surface area contributed by atoms with Crippen molar-refractivity contribution in [3.05, 3.63) is 0 Å². The van der Waals surface area contributed by atoms with Gasteiger partial charge in [0.2, 0.25) is 0 Å². The average molecular weight is 1280 g/mol. The fourth-order valence-electron chi connectivity index (χ4n) is 10.2. The van der Waals surface area contributed by atoms with E-state index in [4.69, 9.17) is 37.0 Å². The van der Waals surface area contributed by atoms with Crippen LogP contribution in [-0.4, -0.2) is 96.7 Å². The molecule has 87 heavy (non-hydrogen) atoms. The smallest absolute Gasteiger partial charge is 0.462 e. The van der Waals surface area contributed by atoms with Crippen molar-refractivity contribution in [3.63, 3.8) is 0 Å². The SMILES string of the molecule is CCCCCCCCCCCCCCC(=O)O[C@H](COC(=O)CCCCCCCCCCC(C)C)COP(=O)(O)OC[C@H](O)COP(=O)(O)OC[C@@H](COC(=O)CCCCCCCCCCCC(C)C)OC(=O)CCCCCCCCCCCC(C)C. The minimum atomic E-state index is -4.95. The molecule has 0 aliphatic rings. The Labute approximate surface area is 530 Å². The van der Waals surface area contributed by atoms with E-state index < -0.39 is 97.5 Å². The zero-order valence-electron chi connectivity index (χ0n) is 56.5. The number of phosphoric ester groups is 2. The molecule has 0 radical (unpaired) electrons. The van der Waals surface area contributed by atoms with Gasteiger partial charge in [0.05, 0.1) is 26.4 Å². The molecule has 0 fully saturated rings. The van der Waals surface area contributed by atoms with Crippen LogP contribution in [0.25, 0.3) is 0 Å². The van der Waals surface area contributed by atoms with Crippen molar-refractivity contribution >= 4 is 39.5 Å². The van der Waals surface area contributed by atoms with Crippen molar-refractivity contribution in [2.45, 2.75) is 356 Å². The highest BCUT2D eigenvalue weighted by molar-refractivity contribution is 7.47. The van der Waals surface area contributed by atoms with E-state index in [9.17, 15) is 43.2 Å². The van der Waals surface area contributed by atoms with Crippen LogP contribution >= 0.6 is 15.6 Å². The van der Waals surface area contributed by atoms with Gasteiger partial charge in [-0.05, 0) is 43.4 Å². The lowest BCUT2D eigenvalue weighted by Gasteiger charge is -2.21. The van der Waals surface area contributed by atoms with Crippen molar-refractivity contribution in [2.24, 2.45) is 17.8 Å². The van der Waals surface area contributed by atoms with E-state index >= 15 is 0 Å². The summed E-state index contributed by atoms with van der Waals surface area (Å²) in [6.07, 6.45) is 41.6. The van der Waals surface area contributed by atoms with Gasteiger partial charge in [-0.25, -0.2) is 9.13 Å². The molecule has 516 valence electrons. The molecule has 0 heterocycles. The molecular weight excluding hydrogens is 1150 g/mol. The Morgan fingerprint density at radius 3 is 0.782 bits per heavy atom. The number of aliphatic hydroxyl groups excluding tert-OH is 1. The minimum absolute atomic E-state index is 0.105. The molecule has 17 nitrogen and oxygen atoms in total. The number of hydrogen-bond acceptors (Lipinski definition) is 15. The number of hydrogen-bond donors (Lipinski definition) is 3. The summed E-state index contributed by atoms with van der Waals surface area (Å²) in [5.74, 6) is 0.0775. The molecule has 0 amide bonds. The number of aliphatic hydroxyl groups is 1. The molecule has 0 saturated carbocycles. The number of unbranched alkanes of at least 4 members (excludes halogenated alkanes) is 34. The monoisotopic (exact) mass is 1280 g/mol. The Hall–Kier alpha value is -1.94. The van der Waals surface area contributed by atoms with Gasteiger partial charge in [-0.3, -0.25) is 37.3 Å². The van der Waals surface area contributed by atoms with E-state index in [-0.39, 0.29) is 25.7 Å². The third-order valence-electron chi connectivity index (χ3n) is 15.6. The number of carbonyl (C=O) groups excluding carboxylic acids is 4. The Morgan fingerprint density at radius 1 is 0.310 bits per heavy atom. The molecule has 0 aromatic carbocycles. The highest BCUT2D eigenvalue weighted by Crippen LogP contribution is 2.45. The zero-order chi connectivity index (χ0) is 64.5. The number of ether oxygens (including phenoxy) is 4. The largest absolute Gasteiger partial charge is 0.472 e. The second-order valence-corrected chi connectivity index (χ2v) is 28.9. The van der Waals surface area contributed by atoms with Gasteiger partial charge in [0, 0.05) is 25.7 Å². The fraction of sp³-hybridized carbons (Fsp3) is 0.941. The summed E-state index contributed by atoms with van der Waals surface area (Å²) in [5.41, 5.74) is 0. The van der Waals surface area contributed by atoms with Crippen LogP contribution in [0.5, 0.6) is 0 Å². The van der Waals surface area contributed by atoms with Crippen LogP contribution in [0.4, 0.5) is 0 Å². The molecule has 0 saturated heterocycles. The summed E-state index contributed by atoms with van der Waals surface area (Å²) in [7, 11) is -9.90. The van der Waals surface area contributed by atoms with Gasteiger partial charge >= 0.3 is 39.5 Å². The van der Waals surface area contributed by atoms with Crippen molar-refractivity contribution in [1.82, 2.24) is 0 Å². The third-order valence-corrected chi connectivity index (χ3v) is 17.5. The summed E-state index contributed by atoms with van der Waals surface area (Å²) < 4.78 is 68.2. The van der Waals surface area contributed by atoms with Crippen LogP contribution in [0.2, 0.25) is 0 Å². The second-order valence-electron chi connectivity index (χ2n) is 26.0. The first-order valence-corrected chi connectivity index (χ1v) is 38.3. The van der Waals surface area contributed by atoms with Crippen molar-refractivity contribution in [1.29, 1.82) is 0 Å². The maximum Gasteiger partial charge on any atom is 0.472 e. The number of phosphoric acid groups is 2. The van der Waals surface area contributed by atoms with Crippen LogP contribution in [0.15, 0.2) is 0 Å². The molecule has 3 N–H and O–H groups in total. The number of rotatable bonds is 66. The summed E-state index contributed by atoms with van der Waals surface area (Å²) in [6, 6.07) is 0. The predicted molar refractivity (Wildman–Crippen MR) is 349 cm³/mol. The molecule has 0 bridgehead atoms. The van der Waals surface area contributed by atoms with E-state index in [1.165, 1.54) is 148 Å². The average Bonchev–Trinajstić information content (AvgIpc) is 3.67. The lowest BCUT2D eigenvalue weighted by molar-refractivity contribution is -0.161. The second kappa shape index (κ2) is 59.1. The first kappa shape index (κ1) is 85.1. The standard InChI is InChI=1S/C68H132O17P2/c1-8-9-10-11-12-13-14-15-20-30-37-44-51-67(72)84-64(56-79-66(71)50-43-36-29-24-23-27-34-41-48-61(6)7)58-83-87(76,77)81-54-62(69)53-80-86(74,75)82-57-63(85-68(73)52-45-38-31-22-17-19-26-33-40-47-60(4)5)55-78-65(70)49-42-35-28-21-16-18-25-32-39-46-59(2)3/h59-64,69H,8-58H2,1-7H3,(H,74,75)(H,76,77)/t62-,63-,64-/m1/s1. The van der Waals surface area contributed by atoms with E-state index in [1.807, 2.05) is 0 Å². The fourth-order valence-corrected chi connectivity index (χ4v) is 11.8. The molecule has 5 atom stereocenters. The Morgan fingerprint density at radius 2 is 0.529 bits per heavy atom. The molecule has 0 aliphatic heterocycles. The molecule has 2 unspecified atom stereocenters. The predicted octanol–water partition coefficient (Wildman–Crippen LogP) is 19.1. The van der Waals surface area contributed by atoms with Gasteiger partial charge in [-0.1, -0.05) is 286 Å². The topological polar surface area (TPSA) is 237 Å². The zero-order valence-corrected chi connectivity index (χ0v) is 58.3. The molecular formula is C68H132O17P2. The normalized spacial score (nSPS) is 14.3.